The third kappa shape index (κ3) is 2.77. The van der Waals surface area contributed by atoms with Crippen molar-refractivity contribution >= 4 is 22.1 Å². The van der Waals surface area contributed by atoms with Gasteiger partial charge in [0.25, 0.3) is 5.69 Å². The van der Waals surface area contributed by atoms with Crippen LogP contribution in [0, 0.1) is 17.0 Å². The first kappa shape index (κ1) is 14.0. The van der Waals surface area contributed by atoms with Crippen LogP contribution >= 0.6 is 0 Å². The fourth-order valence-corrected chi connectivity index (χ4v) is 2.19. The first-order chi connectivity index (χ1) is 9.52. The van der Waals surface area contributed by atoms with Gasteiger partial charge in [0.05, 0.1) is 10.3 Å². The predicted molar refractivity (Wildman–Crippen MR) is 81.0 cm³/mol. The molecule has 0 radical (unpaired) electrons. The van der Waals surface area contributed by atoms with E-state index in [0.717, 1.165) is 23.2 Å². The molecule has 20 heavy (non-hydrogen) atoms. The number of rotatable bonds is 5. The smallest absolute Gasteiger partial charge is 0.278 e. The molecule has 1 unspecified atom stereocenters. The van der Waals surface area contributed by atoms with Crippen LogP contribution in [0.2, 0.25) is 0 Å². The van der Waals surface area contributed by atoms with E-state index in [0.29, 0.717) is 5.39 Å². The molecule has 2 aromatic rings. The molecule has 1 atom stereocenters. The number of anilines is 1. The SMILES string of the molecule is C=CCC(C)Nc1ccc([N+](=O)[O-])c2cnc(C)cc12. The molecule has 5 nitrogen and oxygen atoms in total. The van der Waals surface area contributed by atoms with Gasteiger partial charge in [-0.15, -0.1) is 6.58 Å². The molecule has 0 saturated heterocycles. The normalized spacial score (nSPS) is 12.1. The number of nitro groups is 1. The number of aryl methyl sites for hydroxylation is 1. The summed E-state index contributed by atoms with van der Waals surface area (Å²) < 4.78 is 0. The summed E-state index contributed by atoms with van der Waals surface area (Å²) in [4.78, 5) is 14.9. The molecule has 0 aliphatic carbocycles. The summed E-state index contributed by atoms with van der Waals surface area (Å²) in [6, 6.07) is 5.35. The van der Waals surface area contributed by atoms with Crippen LogP contribution in [0.3, 0.4) is 0 Å². The molecule has 0 amide bonds. The second kappa shape index (κ2) is 5.69. The van der Waals surface area contributed by atoms with Gasteiger partial charge in [-0.05, 0) is 32.4 Å². The lowest BCUT2D eigenvalue weighted by molar-refractivity contribution is -0.383. The maximum atomic E-state index is 11.1. The van der Waals surface area contributed by atoms with Crippen molar-refractivity contribution < 1.29 is 4.92 Å². The Morgan fingerprint density at radius 1 is 1.50 bits per heavy atom. The van der Waals surface area contributed by atoms with Gasteiger partial charge < -0.3 is 5.32 Å². The standard InChI is InChI=1S/C15H17N3O2/c1-4-5-10(2)17-14-6-7-15(18(19)20)13-9-16-11(3)8-12(13)14/h4,6-10,17H,1,5H2,2-3H3. The zero-order valence-corrected chi connectivity index (χ0v) is 11.6. The average molecular weight is 271 g/mol. The van der Waals surface area contributed by atoms with E-state index in [-0.39, 0.29) is 16.7 Å². The van der Waals surface area contributed by atoms with Crippen LogP contribution in [0.1, 0.15) is 19.0 Å². The third-order valence-electron chi connectivity index (χ3n) is 3.13. The first-order valence-corrected chi connectivity index (χ1v) is 6.44. The minimum atomic E-state index is -0.379. The van der Waals surface area contributed by atoms with E-state index in [1.54, 1.807) is 12.3 Å². The van der Waals surface area contributed by atoms with Crippen LogP contribution in [-0.4, -0.2) is 15.9 Å². The number of aromatic nitrogens is 1. The Labute approximate surface area is 117 Å². The van der Waals surface area contributed by atoms with Crippen LogP contribution in [0.5, 0.6) is 0 Å². The van der Waals surface area contributed by atoms with Crippen LogP contribution in [0.15, 0.2) is 37.1 Å². The second-order valence-electron chi connectivity index (χ2n) is 4.83. The first-order valence-electron chi connectivity index (χ1n) is 6.44. The number of hydrogen-bond acceptors (Lipinski definition) is 4. The summed E-state index contributed by atoms with van der Waals surface area (Å²) in [7, 11) is 0. The van der Waals surface area contributed by atoms with E-state index in [1.165, 1.54) is 6.07 Å². The van der Waals surface area contributed by atoms with E-state index in [9.17, 15) is 10.1 Å². The summed E-state index contributed by atoms with van der Waals surface area (Å²) in [5.41, 5.74) is 1.79. The Balaban J connectivity index is 2.56. The molecule has 0 spiro atoms. The van der Waals surface area contributed by atoms with Gasteiger partial charge in [-0.1, -0.05) is 6.08 Å². The number of benzene rings is 1. The molecule has 2 rings (SSSR count). The van der Waals surface area contributed by atoms with Crippen LogP contribution in [0.25, 0.3) is 10.8 Å². The van der Waals surface area contributed by atoms with Gasteiger partial charge in [-0.2, -0.15) is 0 Å². The molecule has 0 saturated carbocycles. The fraction of sp³-hybridized carbons (Fsp3) is 0.267. The van der Waals surface area contributed by atoms with E-state index >= 15 is 0 Å². The number of nitrogens with zero attached hydrogens (tertiary/aromatic N) is 2. The molecule has 0 aliphatic rings. The van der Waals surface area contributed by atoms with Crippen molar-refractivity contribution in [2.24, 2.45) is 0 Å². The highest BCUT2D eigenvalue weighted by Gasteiger charge is 2.15. The Kier molecular flexibility index (Phi) is 3.98. The summed E-state index contributed by atoms with van der Waals surface area (Å²) >= 11 is 0. The van der Waals surface area contributed by atoms with Gasteiger partial charge >= 0.3 is 0 Å². The topological polar surface area (TPSA) is 68.1 Å². The van der Waals surface area contributed by atoms with Crippen molar-refractivity contribution in [1.29, 1.82) is 0 Å². The minimum Gasteiger partial charge on any atom is -0.382 e. The van der Waals surface area contributed by atoms with E-state index in [2.05, 4.69) is 16.9 Å². The van der Waals surface area contributed by atoms with Crippen LogP contribution < -0.4 is 5.32 Å². The Bertz CT molecular complexity index is 667. The monoisotopic (exact) mass is 271 g/mol. The Morgan fingerprint density at radius 2 is 2.25 bits per heavy atom. The van der Waals surface area contributed by atoms with Gasteiger partial charge in [-0.3, -0.25) is 15.1 Å². The maximum absolute atomic E-state index is 11.1. The number of hydrogen-bond donors (Lipinski definition) is 1. The van der Waals surface area contributed by atoms with E-state index in [1.807, 2.05) is 26.0 Å². The highest BCUT2D eigenvalue weighted by Crippen LogP contribution is 2.31. The molecule has 5 heteroatoms. The zero-order valence-electron chi connectivity index (χ0n) is 11.6. The molecule has 1 N–H and O–H groups in total. The molecule has 0 bridgehead atoms. The number of pyridine rings is 1. The molecular weight excluding hydrogens is 254 g/mol. The molecule has 104 valence electrons. The quantitative estimate of drug-likeness (QED) is 0.510. The highest BCUT2D eigenvalue weighted by molar-refractivity contribution is 5.99. The summed E-state index contributed by atoms with van der Waals surface area (Å²) in [5.74, 6) is 0. The predicted octanol–water partition coefficient (Wildman–Crippen LogP) is 3.83. The average Bonchev–Trinajstić information content (AvgIpc) is 2.39. The van der Waals surface area contributed by atoms with Crippen LogP contribution in [0.4, 0.5) is 11.4 Å². The summed E-state index contributed by atoms with van der Waals surface area (Å²) in [6.45, 7) is 7.63. The molecule has 1 aromatic heterocycles. The van der Waals surface area contributed by atoms with Gasteiger partial charge in [-0.25, -0.2) is 0 Å². The molecular formula is C15H17N3O2. The Hall–Kier alpha value is -2.43. The number of non-ortho nitro benzene ring substituents is 1. The van der Waals surface area contributed by atoms with E-state index < -0.39 is 0 Å². The zero-order chi connectivity index (χ0) is 14.7. The minimum absolute atomic E-state index is 0.0782. The molecule has 1 heterocycles. The number of fused-ring (bicyclic) bond motifs is 1. The van der Waals surface area contributed by atoms with Gasteiger partial charge in [0.2, 0.25) is 0 Å². The number of nitrogens with one attached hydrogen (secondary N) is 1. The lowest BCUT2D eigenvalue weighted by Crippen LogP contribution is -2.14. The lowest BCUT2D eigenvalue weighted by atomic mass is 10.1. The molecule has 0 fully saturated rings. The van der Waals surface area contributed by atoms with Gasteiger partial charge in [0, 0.05) is 35.1 Å². The van der Waals surface area contributed by atoms with E-state index in [4.69, 9.17) is 0 Å². The molecule has 1 aromatic carbocycles. The molecule has 0 aliphatic heterocycles. The highest BCUT2D eigenvalue weighted by atomic mass is 16.6. The van der Waals surface area contributed by atoms with Crippen LogP contribution in [-0.2, 0) is 0 Å². The third-order valence-corrected chi connectivity index (χ3v) is 3.13. The largest absolute Gasteiger partial charge is 0.382 e. The number of nitro benzene ring substituents is 1. The van der Waals surface area contributed by atoms with Gasteiger partial charge in [0.15, 0.2) is 0 Å². The van der Waals surface area contributed by atoms with Gasteiger partial charge in [0.1, 0.15) is 0 Å². The van der Waals surface area contributed by atoms with Crippen molar-refractivity contribution in [3.05, 3.63) is 52.9 Å². The van der Waals surface area contributed by atoms with Crippen molar-refractivity contribution in [3.63, 3.8) is 0 Å². The van der Waals surface area contributed by atoms with Crippen molar-refractivity contribution in [2.45, 2.75) is 26.3 Å². The maximum Gasteiger partial charge on any atom is 0.278 e. The van der Waals surface area contributed by atoms with Crippen molar-refractivity contribution in [1.82, 2.24) is 4.98 Å². The Morgan fingerprint density at radius 3 is 2.90 bits per heavy atom. The fourth-order valence-electron chi connectivity index (χ4n) is 2.19. The second-order valence-corrected chi connectivity index (χ2v) is 4.83. The summed E-state index contributed by atoms with van der Waals surface area (Å²) in [5, 5.41) is 15.8. The van der Waals surface area contributed by atoms with Crippen molar-refractivity contribution in [2.75, 3.05) is 5.32 Å². The summed E-state index contributed by atoms with van der Waals surface area (Å²) in [6.07, 6.45) is 4.23. The van der Waals surface area contributed by atoms with Crippen molar-refractivity contribution in [3.8, 4) is 0 Å². The lowest BCUT2D eigenvalue weighted by Gasteiger charge is -2.15.